The largest absolute Gasteiger partial charge is 0.374 e. The van der Waals surface area contributed by atoms with Crippen molar-refractivity contribution < 1.29 is 4.74 Å². The molecule has 2 unspecified atom stereocenters. The van der Waals surface area contributed by atoms with Gasteiger partial charge in [0.1, 0.15) is 5.82 Å². The number of nitrogens with two attached hydrogens (primary N) is 1. The minimum Gasteiger partial charge on any atom is -0.374 e. The summed E-state index contributed by atoms with van der Waals surface area (Å²) in [5.41, 5.74) is 2.93. The molecule has 0 amide bonds. The summed E-state index contributed by atoms with van der Waals surface area (Å²) in [5.74, 6) is 6.85. The lowest BCUT2D eigenvalue weighted by molar-refractivity contribution is -0.0556. The van der Waals surface area contributed by atoms with Gasteiger partial charge >= 0.3 is 0 Å². The Morgan fingerprint density at radius 3 is 3.00 bits per heavy atom. The molecule has 120 valence electrons. The number of hydrogen-bond donors (Lipinski definition) is 2. The van der Waals surface area contributed by atoms with Crippen molar-refractivity contribution in [2.24, 2.45) is 5.84 Å². The van der Waals surface area contributed by atoms with Crippen molar-refractivity contribution in [2.75, 3.05) is 19.7 Å². The van der Waals surface area contributed by atoms with Gasteiger partial charge in [-0.05, 0) is 20.3 Å². The van der Waals surface area contributed by atoms with Crippen LogP contribution in [0.15, 0.2) is 12.4 Å². The number of hydrogen-bond acceptors (Lipinski definition) is 5. The number of hydrazine groups is 1. The molecule has 1 saturated heterocycles. The van der Waals surface area contributed by atoms with Crippen molar-refractivity contribution in [3.63, 3.8) is 0 Å². The van der Waals surface area contributed by atoms with Crippen LogP contribution in [0.1, 0.15) is 33.0 Å². The van der Waals surface area contributed by atoms with Gasteiger partial charge in [-0.15, -0.1) is 0 Å². The molecule has 6 heteroatoms. The zero-order valence-corrected chi connectivity index (χ0v) is 13.5. The average Bonchev–Trinajstić information content (AvgIpc) is 2.92. The summed E-state index contributed by atoms with van der Waals surface area (Å²) in [6, 6.07) is 0.626. The van der Waals surface area contributed by atoms with E-state index >= 15 is 0 Å². The molecule has 2 atom stereocenters. The monoisotopic (exact) mass is 295 g/mol. The van der Waals surface area contributed by atoms with E-state index in [0.29, 0.717) is 6.04 Å². The number of nitrogens with zero attached hydrogens (tertiary/aromatic N) is 3. The number of aryl methyl sites for hydroxylation is 1. The number of ether oxygens (including phenoxy) is 1. The SMILES string of the molecule is CCCn1ccnc1CC(NN)C1CN(C(C)C)CCO1. The number of nitrogens with one attached hydrogen (secondary N) is 1. The molecule has 1 aromatic heterocycles. The van der Waals surface area contributed by atoms with Crippen molar-refractivity contribution in [2.45, 2.75) is 58.3 Å². The molecule has 1 fully saturated rings. The Morgan fingerprint density at radius 1 is 1.52 bits per heavy atom. The fourth-order valence-corrected chi connectivity index (χ4v) is 2.88. The van der Waals surface area contributed by atoms with Crippen LogP contribution in [0.4, 0.5) is 0 Å². The lowest BCUT2D eigenvalue weighted by Crippen LogP contribution is -2.56. The number of morpholine rings is 1. The summed E-state index contributed by atoms with van der Waals surface area (Å²) >= 11 is 0. The van der Waals surface area contributed by atoms with E-state index in [-0.39, 0.29) is 12.1 Å². The minimum absolute atomic E-state index is 0.0876. The highest BCUT2D eigenvalue weighted by atomic mass is 16.5. The maximum Gasteiger partial charge on any atom is 0.110 e. The molecule has 0 aromatic carbocycles. The van der Waals surface area contributed by atoms with Crippen LogP contribution in [0, 0.1) is 0 Å². The van der Waals surface area contributed by atoms with Crippen molar-refractivity contribution in [3.05, 3.63) is 18.2 Å². The zero-order chi connectivity index (χ0) is 15.2. The van der Waals surface area contributed by atoms with Gasteiger partial charge in [0, 0.05) is 44.5 Å². The molecule has 1 aliphatic rings. The van der Waals surface area contributed by atoms with Gasteiger partial charge in [0.05, 0.1) is 18.8 Å². The molecule has 1 aromatic rings. The third-order valence-electron chi connectivity index (χ3n) is 4.19. The molecule has 0 spiro atoms. The minimum atomic E-state index is 0.0876. The average molecular weight is 295 g/mol. The molecule has 0 aliphatic carbocycles. The van der Waals surface area contributed by atoms with Crippen LogP contribution < -0.4 is 11.3 Å². The molecular formula is C15H29N5O. The fraction of sp³-hybridized carbons (Fsp3) is 0.800. The van der Waals surface area contributed by atoms with Gasteiger partial charge in [-0.3, -0.25) is 16.2 Å². The van der Waals surface area contributed by atoms with E-state index in [1.54, 1.807) is 0 Å². The van der Waals surface area contributed by atoms with Gasteiger partial charge < -0.3 is 9.30 Å². The zero-order valence-electron chi connectivity index (χ0n) is 13.5. The van der Waals surface area contributed by atoms with Gasteiger partial charge in [-0.2, -0.15) is 0 Å². The van der Waals surface area contributed by atoms with E-state index in [2.05, 4.69) is 40.6 Å². The van der Waals surface area contributed by atoms with E-state index in [1.165, 1.54) is 0 Å². The van der Waals surface area contributed by atoms with Gasteiger partial charge in [0.15, 0.2) is 0 Å². The van der Waals surface area contributed by atoms with Gasteiger partial charge in [0.25, 0.3) is 0 Å². The van der Waals surface area contributed by atoms with Gasteiger partial charge in [-0.1, -0.05) is 6.92 Å². The first-order chi connectivity index (χ1) is 10.2. The summed E-state index contributed by atoms with van der Waals surface area (Å²) in [5, 5.41) is 0. The smallest absolute Gasteiger partial charge is 0.110 e. The van der Waals surface area contributed by atoms with Crippen LogP contribution in [0.3, 0.4) is 0 Å². The van der Waals surface area contributed by atoms with Crippen LogP contribution in [-0.4, -0.2) is 52.3 Å². The lowest BCUT2D eigenvalue weighted by atomic mass is 10.0. The van der Waals surface area contributed by atoms with Gasteiger partial charge in [-0.25, -0.2) is 4.98 Å². The standard InChI is InChI=1S/C15H29N5O/c1-4-6-19-7-5-17-15(19)10-13(18-16)14-11-20(12(2)3)8-9-21-14/h5,7,12-14,18H,4,6,8-11,16H2,1-3H3. The number of rotatable bonds is 7. The molecule has 2 rings (SSSR count). The third-order valence-corrected chi connectivity index (χ3v) is 4.19. The molecule has 21 heavy (non-hydrogen) atoms. The van der Waals surface area contributed by atoms with Crippen molar-refractivity contribution in [1.29, 1.82) is 0 Å². The molecule has 0 radical (unpaired) electrons. The molecule has 6 nitrogen and oxygen atoms in total. The Bertz CT molecular complexity index is 420. The van der Waals surface area contributed by atoms with E-state index < -0.39 is 0 Å². The normalized spacial score (nSPS) is 21.9. The highest BCUT2D eigenvalue weighted by molar-refractivity contribution is 4.98. The topological polar surface area (TPSA) is 68.3 Å². The summed E-state index contributed by atoms with van der Waals surface area (Å²) in [7, 11) is 0. The second kappa shape index (κ2) is 7.89. The summed E-state index contributed by atoms with van der Waals surface area (Å²) in [6.07, 6.45) is 5.90. The van der Waals surface area contributed by atoms with E-state index in [9.17, 15) is 0 Å². The molecule has 2 heterocycles. The van der Waals surface area contributed by atoms with Crippen LogP contribution in [0.5, 0.6) is 0 Å². The van der Waals surface area contributed by atoms with E-state index in [4.69, 9.17) is 10.6 Å². The summed E-state index contributed by atoms with van der Waals surface area (Å²) in [4.78, 5) is 6.91. The van der Waals surface area contributed by atoms with Gasteiger partial charge in [0.2, 0.25) is 0 Å². The predicted molar refractivity (Wildman–Crippen MR) is 83.8 cm³/mol. The Labute approximate surface area is 127 Å². The van der Waals surface area contributed by atoms with Crippen molar-refractivity contribution in [1.82, 2.24) is 19.9 Å². The van der Waals surface area contributed by atoms with Crippen LogP contribution in [-0.2, 0) is 17.7 Å². The number of aromatic nitrogens is 2. The Morgan fingerprint density at radius 2 is 2.33 bits per heavy atom. The first-order valence-corrected chi connectivity index (χ1v) is 7.97. The van der Waals surface area contributed by atoms with Crippen molar-refractivity contribution in [3.8, 4) is 0 Å². The summed E-state index contributed by atoms with van der Waals surface area (Å²) in [6.45, 7) is 10.3. The molecule has 0 bridgehead atoms. The summed E-state index contributed by atoms with van der Waals surface area (Å²) < 4.78 is 8.14. The Balaban J connectivity index is 2.00. The highest BCUT2D eigenvalue weighted by Gasteiger charge is 2.29. The number of imidazole rings is 1. The van der Waals surface area contributed by atoms with Crippen molar-refractivity contribution >= 4 is 0 Å². The third kappa shape index (κ3) is 4.26. The van der Waals surface area contributed by atoms with Crippen LogP contribution in [0.2, 0.25) is 0 Å². The second-order valence-electron chi connectivity index (χ2n) is 6.01. The van der Waals surface area contributed by atoms with Crippen LogP contribution >= 0.6 is 0 Å². The quantitative estimate of drug-likeness (QED) is 0.575. The molecular weight excluding hydrogens is 266 g/mol. The lowest BCUT2D eigenvalue weighted by Gasteiger charge is -2.38. The Hall–Kier alpha value is -0.950. The Kier molecular flexibility index (Phi) is 6.17. The maximum absolute atomic E-state index is 5.94. The van der Waals surface area contributed by atoms with E-state index in [1.807, 2.05) is 12.4 Å². The predicted octanol–water partition coefficient (Wildman–Crippen LogP) is 0.777. The van der Waals surface area contributed by atoms with E-state index in [0.717, 1.165) is 44.9 Å². The first-order valence-electron chi connectivity index (χ1n) is 7.97. The highest BCUT2D eigenvalue weighted by Crippen LogP contribution is 2.14. The molecule has 0 saturated carbocycles. The second-order valence-corrected chi connectivity index (χ2v) is 6.01. The van der Waals surface area contributed by atoms with Crippen LogP contribution in [0.25, 0.3) is 0 Å². The molecule has 1 aliphatic heterocycles. The maximum atomic E-state index is 5.94. The first kappa shape index (κ1) is 16.4. The fourth-order valence-electron chi connectivity index (χ4n) is 2.88. The molecule has 3 N–H and O–H groups in total.